The summed E-state index contributed by atoms with van der Waals surface area (Å²) < 4.78 is 17.4. The second-order valence-corrected chi connectivity index (χ2v) is 16.4. The molecular formula is C51H94O5. The molecule has 1 atom stereocenters. The summed E-state index contributed by atoms with van der Waals surface area (Å²) in [4.78, 5) is 25.3. The first-order valence-electron chi connectivity index (χ1n) is 24.5. The molecule has 0 aromatic carbocycles. The van der Waals surface area contributed by atoms with Crippen LogP contribution < -0.4 is 0 Å². The topological polar surface area (TPSA) is 61.8 Å². The van der Waals surface area contributed by atoms with Crippen molar-refractivity contribution >= 4 is 11.9 Å². The Hall–Kier alpha value is -1.88. The van der Waals surface area contributed by atoms with Crippen LogP contribution in [0.4, 0.5) is 0 Å². The summed E-state index contributed by atoms with van der Waals surface area (Å²) in [5.74, 6) is -0.391. The Morgan fingerprint density at radius 1 is 0.411 bits per heavy atom. The van der Waals surface area contributed by atoms with Crippen molar-refractivity contribution in [1.29, 1.82) is 0 Å². The molecule has 0 saturated heterocycles. The van der Waals surface area contributed by atoms with Crippen LogP contribution in [-0.2, 0) is 23.8 Å². The van der Waals surface area contributed by atoms with Crippen LogP contribution in [0.25, 0.3) is 0 Å². The van der Waals surface area contributed by atoms with E-state index in [0.29, 0.717) is 19.4 Å². The third kappa shape index (κ3) is 44.8. The van der Waals surface area contributed by atoms with E-state index < -0.39 is 6.10 Å². The van der Waals surface area contributed by atoms with E-state index in [1.807, 2.05) is 0 Å². The first-order valence-corrected chi connectivity index (χ1v) is 24.5. The number of carbonyl (C=O) groups is 2. The van der Waals surface area contributed by atoms with Crippen molar-refractivity contribution in [3.05, 3.63) is 36.5 Å². The van der Waals surface area contributed by atoms with Gasteiger partial charge >= 0.3 is 11.9 Å². The smallest absolute Gasteiger partial charge is 0.306 e. The maximum atomic E-state index is 12.7. The largest absolute Gasteiger partial charge is 0.462 e. The fraction of sp³-hybridized carbons (Fsp3) is 0.843. The van der Waals surface area contributed by atoms with E-state index in [2.05, 4.69) is 57.2 Å². The molecule has 0 aliphatic rings. The van der Waals surface area contributed by atoms with E-state index in [9.17, 15) is 9.59 Å². The van der Waals surface area contributed by atoms with Gasteiger partial charge in [0, 0.05) is 19.4 Å². The Kier molecular flexibility index (Phi) is 45.9. The Morgan fingerprint density at radius 2 is 0.804 bits per heavy atom. The second kappa shape index (κ2) is 47.5. The third-order valence-electron chi connectivity index (χ3n) is 10.7. The number of rotatable bonds is 45. The molecule has 1 unspecified atom stereocenters. The van der Waals surface area contributed by atoms with E-state index in [1.165, 1.54) is 161 Å². The number of esters is 2. The predicted octanol–water partition coefficient (Wildman–Crippen LogP) is 16.2. The Morgan fingerprint density at radius 3 is 1.29 bits per heavy atom. The SMILES string of the molecule is CC/C=C\C/C=C\C/C=C\CCCCCCCCCCOCC(COC(=O)CCCCCCCCCCCCC)OC(=O)CCCCCCCCCCCCC. The van der Waals surface area contributed by atoms with Crippen LogP contribution in [0.2, 0.25) is 0 Å². The lowest BCUT2D eigenvalue weighted by atomic mass is 10.1. The fourth-order valence-electron chi connectivity index (χ4n) is 7.05. The molecule has 56 heavy (non-hydrogen) atoms. The predicted molar refractivity (Wildman–Crippen MR) is 242 cm³/mol. The number of hydrogen-bond acceptors (Lipinski definition) is 5. The molecule has 0 N–H and O–H groups in total. The van der Waals surface area contributed by atoms with Crippen molar-refractivity contribution in [2.24, 2.45) is 0 Å². The minimum atomic E-state index is -0.532. The van der Waals surface area contributed by atoms with E-state index in [4.69, 9.17) is 14.2 Å². The minimum Gasteiger partial charge on any atom is -0.462 e. The summed E-state index contributed by atoms with van der Waals surface area (Å²) in [6, 6.07) is 0. The van der Waals surface area contributed by atoms with Crippen LogP contribution >= 0.6 is 0 Å². The van der Waals surface area contributed by atoms with Crippen LogP contribution in [-0.4, -0.2) is 37.9 Å². The minimum absolute atomic E-state index is 0.0879. The lowest BCUT2D eigenvalue weighted by molar-refractivity contribution is -0.163. The molecule has 0 aromatic rings. The Balaban J connectivity index is 4.20. The highest BCUT2D eigenvalue weighted by atomic mass is 16.6. The van der Waals surface area contributed by atoms with Crippen LogP contribution in [0, 0.1) is 0 Å². The average Bonchev–Trinajstić information content (AvgIpc) is 3.20. The molecule has 0 heterocycles. The summed E-state index contributed by atoms with van der Waals surface area (Å²) in [6.45, 7) is 7.72. The van der Waals surface area contributed by atoms with Crippen molar-refractivity contribution in [2.45, 2.75) is 258 Å². The molecule has 0 bridgehead atoms. The highest BCUT2D eigenvalue weighted by Gasteiger charge is 2.17. The molecule has 0 aromatic heterocycles. The monoisotopic (exact) mass is 787 g/mol. The molecule has 5 nitrogen and oxygen atoms in total. The van der Waals surface area contributed by atoms with Crippen molar-refractivity contribution < 1.29 is 23.8 Å². The molecule has 5 heteroatoms. The average molecular weight is 787 g/mol. The molecule has 0 fully saturated rings. The van der Waals surface area contributed by atoms with Gasteiger partial charge in [-0.25, -0.2) is 0 Å². The van der Waals surface area contributed by atoms with Gasteiger partial charge in [0.1, 0.15) is 6.61 Å². The molecule has 0 rings (SSSR count). The highest BCUT2D eigenvalue weighted by molar-refractivity contribution is 5.70. The zero-order chi connectivity index (χ0) is 40.7. The lowest BCUT2D eigenvalue weighted by Gasteiger charge is -2.18. The van der Waals surface area contributed by atoms with E-state index in [0.717, 1.165) is 57.8 Å². The summed E-state index contributed by atoms with van der Waals surface area (Å²) in [5, 5.41) is 0. The zero-order valence-corrected chi connectivity index (χ0v) is 37.7. The van der Waals surface area contributed by atoms with Crippen molar-refractivity contribution in [1.82, 2.24) is 0 Å². The van der Waals surface area contributed by atoms with Gasteiger partial charge in [0.25, 0.3) is 0 Å². The quantitative estimate of drug-likeness (QED) is 0.0349. The molecular weight excluding hydrogens is 693 g/mol. The summed E-state index contributed by atoms with van der Waals surface area (Å²) in [7, 11) is 0. The van der Waals surface area contributed by atoms with E-state index in [1.54, 1.807) is 0 Å². The highest BCUT2D eigenvalue weighted by Crippen LogP contribution is 2.15. The van der Waals surface area contributed by atoms with Crippen LogP contribution in [0.5, 0.6) is 0 Å². The van der Waals surface area contributed by atoms with Gasteiger partial charge in [0.2, 0.25) is 0 Å². The Bertz CT molecular complexity index is 893. The molecule has 0 radical (unpaired) electrons. The number of ether oxygens (including phenoxy) is 3. The molecule has 0 aliphatic heterocycles. The number of hydrogen-bond donors (Lipinski definition) is 0. The first-order chi connectivity index (χ1) is 27.6. The standard InChI is InChI=1S/C51H94O5/c1-4-7-10-13-16-19-22-23-24-25-26-27-28-31-34-37-40-43-46-54-47-49(56-51(53)45-42-39-36-33-30-21-18-15-12-9-6-3)48-55-50(52)44-41-38-35-32-29-20-17-14-11-8-5-2/h7,10,16,19,23-24,49H,4-6,8-9,11-15,17-18,20-22,25-48H2,1-3H3/b10-7-,19-16-,24-23-. The van der Waals surface area contributed by atoms with Gasteiger partial charge in [-0.15, -0.1) is 0 Å². The Labute approximate surface area is 349 Å². The van der Waals surface area contributed by atoms with E-state index in [-0.39, 0.29) is 25.2 Å². The maximum Gasteiger partial charge on any atom is 0.306 e. The summed E-state index contributed by atoms with van der Waals surface area (Å²) in [6.07, 6.45) is 55.7. The third-order valence-corrected chi connectivity index (χ3v) is 10.7. The van der Waals surface area contributed by atoms with E-state index >= 15 is 0 Å². The number of allylic oxidation sites excluding steroid dienone is 6. The normalized spacial score (nSPS) is 12.4. The zero-order valence-electron chi connectivity index (χ0n) is 37.7. The van der Waals surface area contributed by atoms with Crippen molar-refractivity contribution in [2.75, 3.05) is 19.8 Å². The fourth-order valence-corrected chi connectivity index (χ4v) is 7.05. The van der Waals surface area contributed by atoms with Gasteiger partial charge in [-0.3, -0.25) is 9.59 Å². The van der Waals surface area contributed by atoms with Gasteiger partial charge < -0.3 is 14.2 Å². The van der Waals surface area contributed by atoms with Crippen molar-refractivity contribution in [3.8, 4) is 0 Å². The summed E-state index contributed by atoms with van der Waals surface area (Å²) in [5.41, 5.74) is 0. The van der Waals surface area contributed by atoms with Crippen LogP contribution in [0.3, 0.4) is 0 Å². The number of carbonyl (C=O) groups excluding carboxylic acids is 2. The van der Waals surface area contributed by atoms with Gasteiger partial charge in [-0.2, -0.15) is 0 Å². The van der Waals surface area contributed by atoms with Crippen LogP contribution in [0.1, 0.15) is 252 Å². The maximum absolute atomic E-state index is 12.7. The number of unbranched alkanes of at least 4 members (excludes halogenated alkanes) is 28. The molecule has 0 saturated carbocycles. The lowest BCUT2D eigenvalue weighted by Crippen LogP contribution is -2.30. The molecule has 0 amide bonds. The first kappa shape index (κ1) is 54.1. The summed E-state index contributed by atoms with van der Waals surface area (Å²) >= 11 is 0. The molecule has 0 aliphatic carbocycles. The second-order valence-electron chi connectivity index (χ2n) is 16.4. The van der Waals surface area contributed by atoms with Crippen LogP contribution in [0.15, 0.2) is 36.5 Å². The molecule has 328 valence electrons. The van der Waals surface area contributed by atoms with Gasteiger partial charge in [-0.1, -0.05) is 224 Å². The van der Waals surface area contributed by atoms with Crippen molar-refractivity contribution in [3.63, 3.8) is 0 Å². The van der Waals surface area contributed by atoms with Gasteiger partial charge in [-0.05, 0) is 51.4 Å². The molecule has 0 spiro atoms. The van der Waals surface area contributed by atoms with Gasteiger partial charge in [0.15, 0.2) is 6.10 Å². The van der Waals surface area contributed by atoms with Gasteiger partial charge in [0.05, 0.1) is 6.61 Å².